The molecule has 92 valence electrons. The summed E-state index contributed by atoms with van der Waals surface area (Å²) in [5.74, 6) is 0. The van der Waals surface area contributed by atoms with Gasteiger partial charge in [-0.3, -0.25) is 0 Å². The fraction of sp³-hybridized carbons (Fsp3) is 0. The summed E-state index contributed by atoms with van der Waals surface area (Å²) in [4.78, 5) is 0. The second kappa shape index (κ2) is 4.90. The monoisotopic (exact) mass is 247 g/mol. The minimum Gasteiger partial charge on any atom is -0.398 e. The number of hydrogen-bond acceptors (Lipinski definition) is 3. The van der Waals surface area contributed by atoms with Crippen LogP contribution in [-0.2, 0) is 0 Å². The molecule has 0 fully saturated rings. The molecule has 0 unspecified atom stereocenters. The van der Waals surface area contributed by atoms with Crippen LogP contribution in [0.3, 0.4) is 0 Å². The first-order valence-electron chi connectivity index (χ1n) is 6.08. The largest absolute Gasteiger partial charge is 0.398 e. The molecule has 0 aliphatic carbocycles. The highest BCUT2D eigenvalue weighted by Crippen LogP contribution is 2.31. The lowest BCUT2D eigenvalue weighted by Crippen LogP contribution is -1.86. The van der Waals surface area contributed by atoms with Crippen LogP contribution in [0.5, 0.6) is 0 Å². The summed E-state index contributed by atoms with van der Waals surface area (Å²) in [5, 5.41) is 10.6. The molecule has 0 spiro atoms. The Hall–Kier alpha value is -2.68. The zero-order valence-corrected chi connectivity index (χ0v) is 10.3. The van der Waals surface area contributed by atoms with Crippen molar-refractivity contribution >= 4 is 27.8 Å². The van der Waals surface area contributed by atoms with Crippen molar-refractivity contribution in [1.82, 2.24) is 0 Å². The summed E-state index contributed by atoms with van der Waals surface area (Å²) in [7, 11) is 0. The van der Waals surface area contributed by atoms with E-state index in [-0.39, 0.29) is 0 Å². The number of nitrogen functional groups attached to an aromatic ring is 1. The lowest BCUT2D eigenvalue weighted by molar-refractivity contribution is 1.24. The van der Waals surface area contributed by atoms with Crippen molar-refractivity contribution in [2.45, 2.75) is 0 Å². The van der Waals surface area contributed by atoms with E-state index in [1.165, 1.54) is 0 Å². The molecule has 3 rings (SSSR count). The number of anilines is 1. The van der Waals surface area contributed by atoms with Crippen molar-refractivity contribution < 1.29 is 0 Å². The Morgan fingerprint density at radius 1 is 0.632 bits per heavy atom. The first kappa shape index (κ1) is 11.4. The summed E-state index contributed by atoms with van der Waals surface area (Å²) in [6.45, 7) is 0. The highest BCUT2D eigenvalue weighted by Gasteiger charge is 2.02. The van der Waals surface area contributed by atoms with Crippen LogP contribution in [0.2, 0.25) is 0 Å². The Kier molecular flexibility index (Phi) is 2.94. The smallest absolute Gasteiger partial charge is 0.0936 e. The maximum absolute atomic E-state index is 5.96. The van der Waals surface area contributed by atoms with Gasteiger partial charge < -0.3 is 5.73 Å². The van der Waals surface area contributed by atoms with E-state index in [2.05, 4.69) is 10.2 Å². The Labute approximate surface area is 111 Å². The second-order valence-corrected chi connectivity index (χ2v) is 4.26. The molecular formula is C16H13N3. The second-order valence-electron chi connectivity index (χ2n) is 4.26. The number of nitrogens with two attached hydrogens (primary N) is 1. The molecule has 3 nitrogen and oxygen atoms in total. The number of nitrogens with zero attached hydrogens (tertiary/aromatic N) is 2. The average molecular weight is 247 g/mol. The minimum atomic E-state index is 0.759. The predicted molar refractivity (Wildman–Crippen MR) is 79.0 cm³/mol. The van der Waals surface area contributed by atoms with Gasteiger partial charge in [-0.25, -0.2) is 0 Å². The molecule has 0 saturated heterocycles. The normalized spacial score (nSPS) is 11.2. The van der Waals surface area contributed by atoms with Gasteiger partial charge in [0.25, 0.3) is 0 Å². The topological polar surface area (TPSA) is 50.7 Å². The number of hydrogen-bond donors (Lipinski definition) is 1. The van der Waals surface area contributed by atoms with E-state index in [0.29, 0.717) is 0 Å². The predicted octanol–water partition coefficient (Wildman–Crippen LogP) is 4.84. The zero-order valence-electron chi connectivity index (χ0n) is 10.3. The molecule has 3 aromatic rings. The van der Waals surface area contributed by atoms with Gasteiger partial charge in [0.2, 0.25) is 0 Å². The number of rotatable bonds is 2. The van der Waals surface area contributed by atoms with Crippen molar-refractivity contribution in [2.24, 2.45) is 10.2 Å². The Morgan fingerprint density at radius 2 is 1.32 bits per heavy atom. The van der Waals surface area contributed by atoms with Crippen molar-refractivity contribution in [3.8, 4) is 0 Å². The Balaban J connectivity index is 2.07. The molecule has 0 bridgehead atoms. The van der Waals surface area contributed by atoms with Gasteiger partial charge in [0.05, 0.1) is 11.4 Å². The van der Waals surface area contributed by atoms with Gasteiger partial charge in [-0.1, -0.05) is 42.5 Å². The van der Waals surface area contributed by atoms with Crippen LogP contribution in [0.15, 0.2) is 77.0 Å². The van der Waals surface area contributed by atoms with Crippen LogP contribution in [0.4, 0.5) is 17.1 Å². The molecule has 0 aromatic heterocycles. The van der Waals surface area contributed by atoms with Gasteiger partial charge in [-0.15, -0.1) is 5.11 Å². The zero-order chi connectivity index (χ0) is 13.1. The fourth-order valence-electron chi connectivity index (χ4n) is 2.00. The number of benzene rings is 3. The maximum Gasteiger partial charge on any atom is 0.0936 e. The third-order valence-electron chi connectivity index (χ3n) is 2.96. The molecule has 0 radical (unpaired) electrons. The summed E-state index contributed by atoms with van der Waals surface area (Å²) < 4.78 is 0. The van der Waals surface area contributed by atoms with Crippen molar-refractivity contribution in [3.05, 3.63) is 66.7 Å². The molecule has 3 heteroatoms. The highest BCUT2D eigenvalue weighted by atomic mass is 15.1. The highest BCUT2D eigenvalue weighted by molar-refractivity contribution is 5.99. The average Bonchev–Trinajstić information content (AvgIpc) is 2.48. The first-order chi connectivity index (χ1) is 9.34. The molecule has 0 heterocycles. The maximum atomic E-state index is 5.96. The van der Waals surface area contributed by atoms with E-state index >= 15 is 0 Å². The van der Waals surface area contributed by atoms with Gasteiger partial charge in [-0.2, -0.15) is 5.11 Å². The summed E-state index contributed by atoms with van der Waals surface area (Å²) in [6, 6.07) is 21.4. The molecule has 0 amide bonds. The van der Waals surface area contributed by atoms with Crippen LogP contribution in [0.25, 0.3) is 10.8 Å². The fourth-order valence-corrected chi connectivity index (χ4v) is 2.00. The van der Waals surface area contributed by atoms with Crippen LogP contribution in [0, 0.1) is 0 Å². The SMILES string of the molecule is Nc1ccc(/N=N/c2ccccc2)c2ccccc12. The standard InChI is InChI=1S/C16H13N3/c17-15-10-11-16(14-9-5-4-8-13(14)15)19-18-12-6-2-1-3-7-12/h1-11H,17H2/b19-18+. The number of azo groups is 1. The Bertz CT molecular complexity index is 733. The molecule has 0 aliphatic heterocycles. The third kappa shape index (κ3) is 2.31. The van der Waals surface area contributed by atoms with E-state index in [4.69, 9.17) is 5.73 Å². The van der Waals surface area contributed by atoms with E-state index in [1.54, 1.807) is 0 Å². The van der Waals surface area contributed by atoms with Crippen LogP contribution >= 0.6 is 0 Å². The summed E-state index contributed by atoms with van der Waals surface area (Å²) in [6.07, 6.45) is 0. The van der Waals surface area contributed by atoms with Gasteiger partial charge in [-0.05, 0) is 24.3 Å². The van der Waals surface area contributed by atoms with Gasteiger partial charge in [0.1, 0.15) is 0 Å². The van der Waals surface area contributed by atoms with Gasteiger partial charge in [0.15, 0.2) is 0 Å². The molecule has 3 aromatic carbocycles. The lowest BCUT2D eigenvalue weighted by atomic mass is 10.1. The number of fused-ring (bicyclic) bond motifs is 1. The van der Waals surface area contributed by atoms with Gasteiger partial charge in [0, 0.05) is 16.5 Å². The summed E-state index contributed by atoms with van der Waals surface area (Å²) >= 11 is 0. The van der Waals surface area contributed by atoms with Crippen molar-refractivity contribution in [1.29, 1.82) is 0 Å². The van der Waals surface area contributed by atoms with E-state index < -0.39 is 0 Å². The van der Waals surface area contributed by atoms with Gasteiger partial charge >= 0.3 is 0 Å². The molecule has 2 N–H and O–H groups in total. The van der Waals surface area contributed by atoms with Crippen molar-refractivity contribution in [3.63, 3.8) is 0 Å². The summed E-state index contributed by atoms with van der Waals surface area (Å²) in [5.41, 5.74) is 8.38. The van der Waals surface area contributed by atoms with E-state index in [1.807, 2.05) is 66.7 Å². The molecule has 0 atom stereocenters. The quantitative estimate of drug-likeness (QED) is 0.511. The van der Waals surface area contributed by atoms with E-state index in [9.17, 15) is 0 Å². The molecule has 0 aliphatic rings. The van der Waals surface area contributed by atoms with E-state index in [0.717, 1.165) is 27.8 Å². The Morgan fingerprint density at radius 3 is 2.11 bits per heavy atom. The van der Waals surface area contributed by atoms with Crippen LogP contribution in [-0.4, -0.2) is 0 Å². The first-order valence-corrected chi connectivity index (χ1v) is 6.08. The molecule has 19 heavy (non-hydrogen) atoms. The van der Waals surface area contributed by atoms with Crippen LogP contribution < -0.4 is 5.73 Å². The minimum absolute atomic E-state index is 0.759. The molecule has 0 saturated carbocycles. The lowest BCUT2D eigenvalue weighted by Gasteiger charge is -2.03. The van der Waals surface area contributed by atoms with Crippen molar-refractivity contribution in [2.75, 3.05) is 5.73 Å². The molecular weight excluding hydrogens is 234 g/mol. The van der Waals surface area contributed by atoms with Crippen LogP contribution in [0.1, 0.15) is 0 Å². The third-order valence-corrected chi connectivity index (χ3v) is 2.96.